The number of carbonyl (C=O) groups is 1. The largest absolute Gasteiger partial charge is 0.354 e. The van der Waals surface area contributed by atoms with E-state index < -0.39 is 6.04 Å². The van der Waals surface area contributed by atoms with Gasteiger partial charge in [-0.25, -0.2) is 9.37 Å². The van der Waals surface area contributed by atoms with Crippen molar-refractivity contribution in [3.8, 4) is 0 Å². The monoisotopic (exact) mass is 350 g/mol. The van der Waals surface area contributed by atoms with Crippen molar-refractivity contribution in [2.45, 2.75) is 18.7 Å². The molecule has 0 radical (unpaired) electrons. The predicted molar refractivity (Wildman–Crippen MR) is 95.3 cm³/mol. The van der Waals surface area contributed by atoms with Gasteiger partial charge in [-0.2, -0.15) is 11.8 Å². The molecule has 0 aliphatic rings. The second kappa shape index (κ2) is 8.84. The topological polar surface area (TPSA) is 61.0 Å². The highest BCUT2D eigenvalue weighted by Crippen LogP contribution is 2.21. The van der Waals surface area contributed by atoms with Crippen LogP contribution in [-0.2, 0) is 10.5 Å². The molecule has 0 spiro atoms. The van der Waals surface area contributed by atoms with Crippen LogP contribution < -0.4 is 5.32 Å². The lowest BCUT2D eigenvalue weighted by Gasteiger charge is -2.24. The summed E-state index contributed by atoms with van der Waals surface area (Å²) in [5.41, 5.74) is 2.49. The number of halogens is 1. The smallest absolute Gasteiger partial charge is 0.242 e. The number of aromatic amines is 1. The second-order valence-corrected chi connectivity index (χ2v) is 6.81. The minimum Gasteiger partial charge on any atom is -0.354 e. The summed E-state index contributed by atoms with van der Waals surface area (Å²) < 4.78 is 14.0. The fourth-order valence-electron chi connectivity index (χ4n) is 2.40. The summed E-state index contributed by atoms with van der Waals surface area (Å²) in [6, 6.07) is 5.75. The first kappa shape index (κ1) is 18.5. The van der Waals surface area contributed by atoms with Gasteiger partial charge in [0.1, 0.15) is 11.9 Å². The highest BCUT2D eigenvalue weighted by molar-refractivity contribution is 7.98. The minimum atomic E-state index is -0.634. The maximum absolute atomic E-state index is 14.0. The number of benzene rings is 1. The lowest BCUT2D eigenvalue weighted by atomic mass is 10.0. The molecular formula is C17H23FN4OS. The van der Waals surface area contributed by atoms with Gasteiger partial charge in [-0.15, -0.1) is 0 Å². The van der Waals surface area contributed by atoms with E-state index in [0.717, 1.165) is 22.9 Å². The lowest BCUT2D eigenvalue weighted by Crippen LogP contribution is -2.38. The lowest BCUT2D eigenvalue weighted by molar-refractivity contribution is -0.125. The number of hydrogen-bond donors (Lipinski definition) is 2. The first-order valence-electron chi connectivity index (χ1n) is 7.76. The Morgan fingerprint density at radius 3 is 2.79 bits per heavy atom. The molecule has 0 saturated carbocycles. The number of H-pyrrole nitrogens is 1. The maximum atomic E-state index is 14.0. The van der Waals surface area contributed by atoms with Gasteiger partial charge in [0.15, 0.2) is 0 Å². The summed E-state index contributed by atoms with van der Waals surface area (Å²) in [6.45, 7) is 2.52. The number of imidazole rings is 1. The van der Waals surface area contributed by atoms with Crippen LogP contribution in [0.4, 0.5) is 4.39 Å². The van der Waals surface area contributed by atoms with E-state index in [4.69, 9.17) is 0 Å². The Bertz CT molecular complexity index is 674. The first-order valence-corrected chi connectivity index (χ1v) is 8.91. The number of likely N-dealkylation sites (N-methyl/N-ethyl adjacent to an activating group) is 1. The number of aromatic nitrogens is 2. The highest BCUT2D eigenvalue weighted by Gasteiger charge is 2.25. The Kier molecular flexibility index (Phi) is 6.81. The molecule has 2 rings (SSSR count). The number of carbonyl (C=O) groups excluding carboxylic acids is 1. The van der Waals surface area contributed by atoms with Gasteiger partial charge in [-0.3, -0.25) is 9.69 Å². The molecule has 0 aliphatic carbocycles. The van der Waals surface area contributed by atoms with Crippen molar-refractivity contribution in [3.05, 3.63) is 53.4 Å². The molecule has 0 aliphatic heterocycles. The number of nitrogens with one attached hydrogen (secondary N) is 2. The van der Waals surface area contributed by atoms with E-state index in [0.29, 0.717) is 12.1 Å². The molecule has 24 heavy (non-hydrogen) atoms. The van der Waals surface area contributed by atoms with Gasteiger partial charge in [0.25, 0.3) is 0 Å². The van der Waals surface area contributed by atoms with Gasteiger partial charge >= 0.3 is 0 Å². The summed E-state index contributed by atoms with van der Waals surface area (Å²) in [5, 5.41) is 2.89. The third-order valence-electron chi connectivity index (χ3n) is 3.68. The molecule has 0 fully saturated rings. The maximum Gasteiger partial charge on any atom is 0.242 e. The first-order chi connectivity index (χ1) is 11.5. The van der Waals surface area contributed by atoms with E-state index in [2.05, 4.69) is 15.3 Å². The summed E-state index contributed by atoms with van der Waals surface area (Å²) in [5.74, 6) is 1.02. The van der Waals surface area contributed by atoms with E-state index in [-0.39, 0.29) is 11.7 Å². The molecule has 1 aromatic carbocycles. The minimum absolute atomic E-state index is 0.193. The summed E-state index contributed by atoms with van der Waals surface area (Å²) in [4.78, 5) is 21.4. The summed E-state index contributed by atoms with van der Waals surface area (Å²) >= 11 is 1.70. The number of amides is 1. The van der Waals surface area contributed by atoms with Gasteiger partial charge in [0.2, 0.25) is 5.91 Å². The van der Waals surface area contributed by atoms with E-state index in [9.17, 15) is 9.18 Å². The van der Waals surface area contributed by atoms with Gasteiger partial charge in [-0.05, 0) is 27.1 Å². The van der Waals surface area contributed by atoms with Crippen LogP contribution in [0.3, 0.4) is 0 Å². The van der Waals surface area contributed by atoms with Crippen LogP contribution in [0.5, 0.6) is 0 Å². The second-order valence-electron chi connectivity index (χ2n) is 5.71. The Balaban J connectivity index is 1.83. The van der Waals surface area contributed by atoms with Crippen LogP contribution in [0.25, 0.3) is 0 Å². The van der Waals surface area contributed by atoms with Crippen molar-refractivity contribution in [1.29, 1.82) is 0 Å². The fraction of sp³-hybridized carbons (Fsp3) is 0.412. The van der Waals surface area contributed by atoms with Crippen LogP contribution in [-0.4, -0.2) is 47.2 Å². The van der Waals surface area contributed by atoms with Crippen molar-refractivity contribution in [2.24, 2.45) is 0 Å². The van der Waals surface area contributed by atoms with Crippen molar-refractivity contribution in [2.75, 3.05) is 26.4 Å². The Morgan fingerprint density at radius 2 is 2.17 bits per heavy atom. The normalized spacial score (nSPS) is 12.4. The fourth-order valence-corrected chi connectivity index (χ4v) is 3.27. The molecule has 1 aromatic heterocycles. The Hall–Kier alpha value is -1.86. The van der Waals surface area contributed by atoms with Gasteiger partial charge < -0.3 is 10.3 Å². The number of aryl methyl sites for hydroxylation is 1. The summed E-state index contributed by atoms with van der Waals surface area (Å²) in [6.07, 6.45) is 1.68. The predicted octanol–water partition coefficient (Wildman–Crippen LogP) is 2.51. The zero-order valence-electron chi connectivity index (χ0n) is 14.2. The number of hydrogen-bond acceptors (Lipinski definition) is 4. The Morgan fingerprint density at radius 1 is 1.42 bits per heavy atom. The molecular weight excluding hydrogens is 327 g/mol. The van der Waals surface area contributed by atoms with Gasteiger partial charge in [0, 0.05) is 29.3 Å². The molecule has 1 atom stereocenters. The van der Waals surface area contributed by atoms with E-state index in [1.165, 1.54) is 6.07 Å². The Labute approximate surface area is 146 Å². The van der Waals surface area contributed by atoms with Gasteiger partial charge in [0.05, 0.1) is 12.0 Å². The molecule has 0 saturated heterocycles. The molecule has 0 bridgehead atoms. The van der Waals surface area contributed by atoms with Crippen molar-refractivity contribution in [1.82, 2.24) is 20.2 Å². The number of nitrogens with zero attached hydrogens (tertiary/aromatic N) is 2. The zero-order chi connectivity index (χ0) is 17.5. The van der Waals surface area contributed by atoms with Crippen LogP contribution in [0.15, 0.2) is 30.6 Å². The number of thioether (sulfide) groups is 1. The average Bonchev–Trinajstić information content (AvgIpc) is 2.94. The molecule has 2 aromatic rings. The van der Waals surface area contributed by atoms with Crippen molar-refractivity contribution >= 4 is 17.7 Å². The van der Waals surface area contributed by atoms with E-state index in [1.807, 2.05) is 6.92 Å². The van der Waals surface area contributed by atoms with Crippen molar-refractivity contribution in [3.63, 3.8) is 0 Å². The SMILES string of the molecule is Cc1[nH]cnc1CSCCNC(=O)[C@@H](c1ccccc1F)N(C)C. The number of rotatable bonds is 8. The molecule has 1 amide bonds. The standard InChI is InChI=1S/C17H23FN4OS/c1-12-15(21-11-20-12)10-24-9-8-19-17(23)16(22(2)3)13-6-4-5-7-14(13)18/h4-7,11,16H,8-10H2,1-3H3,(H,19,23)(H,20,21)/t16-/m1/s1. The van der Waals surface area contributed by atoms with Gasteiger partial charge in [-0.1, -0.05) is 18.2 Å². The highest BCUT2D eigenvalue weighted by atomic mass is 32.2. The van der Waals surface area contributed by atoms with E-state index in [1.54, 1.807) is 55.3 Å². The van der Waals surface area contributed by atoms with Crippen LogP contribution in [0.2, 0.25) is 0 Å². The van der Waals surface area contributed by atoms with Crippen LogP contribution in [0.1, 0.15) is 23.0 Å². The molecule has 2 N–H and O–H groups in total. The van der Waals surface area contributed by atoms with E-state index >= 15 is 0 Å². The molecule has 5 nitrogen and oxygen atoms in total. The van der Waals surface area contributed by atoms with Crippen LogP contribution >= 0.6 is 11.8 Å². The molecule has 130 valence electrons. The quantitative estimate of drug-likeness (QED) is 0.718. The molecule has 7 heteroatoms. The third kappa shape index (κ3) is 4.82. The van der Waals surface area contributed by atoms with Crippen LogP contribution in [0, 0.1) is 12.7 Å². The van der Waals surface area contributed by atoms with Crippen molar-refractivity contribution < 1.29 is 9.18 Å². The summed E-state index contributed by atoms with van der Waals surface area (Å²) in [7, 11) is 3.54. The molecule has 1 heterocycles. The third-order valence-corrected chi connectivity index (χ3v) is 4.65. The zero-order valence-corrected chi connectivity index (χ0v) is 15.0. The average molecular weight is 350 g/mol. The molecule has 0 unspecified atom stereocenters.